The summed E-state index contributed by atoms with van der Waals surface area (Å²) in [5.41, 5.74) is 0.985. The first-order valence-electron chi connectivity index (χ1n) is 5.45. The molecule has 0 bridgehead atoms. The SMILES string of the molecule is CCNC(=O)CON=C(C(C)C)C(C)C. The summed E-state index contributed by atoms with van der Waals surface area (Å²) < 4.78 is 0. The largest absolute Gasteiger partial charge is 0.386 e. The third-order valence-electron chi connectivity index (χ3n) is 1.92. The molecule has 88 valence electrons. The average Bonchev–Trinajstić information content (AvgIpc) is 2.11. The molecule has 0 aliphatic rings. The molecular formula is C11H22N2O2. The maximum Gasteiger partial charge on any atom is 0.260 e. The second-order valence-corrected chi connectivity index (χ2v) is 4.05. The van der Waals surface area contributed by atoms with Crippen LogP contribution in [-0.2, 0) is 9.63 Å². The van der Waals surface area contributed by atoms with Crippen molar-refractivity contribution in [2.45, 2.75) is 34.6 Å². The highest BCUT2D eigenvalue weighted by molar-refractivity contribution is 5.87. The molecule has 1 amide bonds. The van der Waals surface area contributed by atoms with Crippen LogP contribution in [-0.4, -0.2) is 24.8 Å². The summed E-state index contributed by atoms with van der Waals surface area (Å²) in [6.45, 7) is 10.7. The van der Waals surface area contributed by atoms with Crippen LogP contribution >= 0.6 is 0 Å². The molecular weight excluding hydrogens is 192 g/mol. The van der Waals surface area contributed by atoms with E-state index in [2.05, 4.69) is 38.2 Å². The number of nitrogens with zero attached hydrogens (tertiary/aromatic N) is 1. The number of hydrogen-bond donors (Lipinski definition) is 1. The van der Waals surface area contributed by atoms with E-state index in [9.17, 15) is 4.79 Å². The zero-order valence-electron chi connectivity index (χ0n) is 10.3. The van der Waals surface area contributed by atoms with Gasteiger partial charge in [0.05, 0.1) is 5.71 Å². The van der Waals surface area contributed by atoms with Gasteiger partial charge in [0.2, 0.25) is 0 Å². The molecule has 0 fully saturated rings. The van der Waals surface area contributed by atoms with Crippen LogP contribution in [0.1, 0.15) is 34.6 Å². The first kappa shape index (κ1) is 13.9. The van der Waals surface area contributed by atoms with Crippen LogP contribution in [0, 0.1) is 11.8 Å². The molecule has 0 saturated heterocycles. The van der Waals surface area contributed by atoms with Crippen molar-refractivity contribution < 1.29 is 9.63 Å². The maximum atomic E-state index is 11.1. The molecule has 1 N–H and O–H groups in total. The molecule has 0 saturated carbocycles. The number of carbonyl (C=O) groups excluding carboxylic acids is 1. The van der Waals surface area contributed by atoms with Gasteiger partial charge in [-0.2, -0.15) is 0 Å². The summed E-state index contributed by atoms with van der Waals surface area (Å²) in [7, 11) is 0. The molecule has 0 spiro atoms. The standard InChI is InChI=1S/C11H22N2O2/c1-6-12-10(14)7-15-13-11(8(2)3)9(4)5/h8-9H,6-7H2,1-5H3,(H,12,14). The molecule has 0 aromatic carbocycles. The van der Waals surface area contributed by atoms with Crippen molar-refractivity contribution >= 4 is 11.6 Å². The fraction of sp³-hybridized carbons (Fsp3) is 0.818. The number of hydrogen-bond acceptors (Lipinski definition) is 3. The molecule has 0 aromatic heterocycles. The van der Waals surface area contributed by atoms with Crippen molar-refractivity contribution in [1.29, 1.82) is 0 Å². The zero-order chi connectivity index (χ0) is 11.8. The Morgan fingerprint density at radius 3 is 2.20 bits per heavy atom. The van der Waals surface area contributed by atoms with Gasteiger partial charge < -0.3 is 10.2 Å². The summed E-state index contributed by atoms with van der Waals surface area (Å²) >= 11 is 0. The summed E-state index contributed by atoms with van der Waals surface area (Å²) in [5.74, 6) is 0.562. The Morgan fingerprint density at radius 2 is 1.80 bits per heavy atom. The van der Waals surface area contributed by atoms with E-state index < -0.39 is 0 Å². The lowest BCUT2D eigenvalue weighted by Crippen LogP contribution is -2.27. The highest BCUT2D eigenvalue weighted by atomic mass is 16.6. The normalized spacial score (nSPS) is 10.3. The zero-order valence-corrected chi connectivity index (χ0v) is 10.3. The highest BCUT2D eigenvalue weighted by Crippen LogP contribution is 2.07. The average molecular weight is 214 g/mol. The van der Waals surface area contributed by atoms with Crippen molar-refractivity contribution in [2.75, 3.05) is 13.2 Å². The topological polar surface area (TPSA) is 50.7 Å². The Kier molecular flexibility index (Phi) is 6.75. The molecule has 0 aromatic rings. The summed E-state index contributed by atoms with van der Waals surface area (Å²) in [6, 6.07) is 0. The van der Waals surface area contributed by atoms with E-state index in [0.29, 0.717) is 18.4 Å². The van der Waals surface area contributed by atoms with Gasteiger partial charge in [0.25, 0.3) is 5.91 Å². The Balaban J connectivity index is 4.06. The van der Waals surface area contributed by atoms with Gasteiger partial charge in [-0.15, -0.1) is 0 Å². The smallest absolute Gasteiger partial charge is 0.260 e. The predicted molar refractivity (Wildman–Crippen MR) is 61.7 cm³/mol. The third-order valence-corrected chi connectivity index (χ3v) is 1.92. The lowest BCUT2D eigenvalue weighted by atomic mass is 9.98. The number of likely N-dealkylation sites (N-methyl/N-ethyl adjacent to an activating group) is 1. The van der Waals surface area contributed by atoms with Gasteiger partial charge in [-0.25, -0.2) is 0 Å². The lowest BCUT2D eigenvalue weighted by Gasteiger charge is -2.12. The van der Waals surface area contributed by atoms with E-state index in [1.807, 2.05) is 6.92 Å². The molecule has 0 aliphatic heterocycles. The third kappa shape index (κ3) is 6.10. The molecule has 0 unspecified atom stereocenters. The van der Waals surface area contributed by atoms with Crippen LogP contribution in [0.2, 0.25) is 0 Å². The van der Waals surface area contributed by atoms with Gasteiger partial charge in [-0.05, 0) is 18.8 Å². The number of carbonyl (C=O) groups is 1. The van der Waals surface area contributed by atoms with Crippen molar-refractivity contribution in [2.24, 2.45) is 17.0 Å². The van der Waals surface area contributed by atoms with E-state index >= 15 is 0 Å². The first-order chi connectivity index (χ1) is 6.99. The monoisotopic (exact) mass is 214 g/mol. The van der Waals surface area contributed by atoms with Crippen LogP contribution in [0.25, 0.3) is 0 Å². The van der Waals surface area contributed by atoms with Gasteiger partial charge in [-0.3, -0.25) is 4.79 Å². The quantitative estimate of drug-likeness (QED) is 0.541. The second-order valence-electron chi connectivity index (χ2n) is 4.05. The van der Waals surface area contributed by atoms with Crippen LogP contribution in [0.15, 0.2) is 5.16 Å². The number of oxime groups is 1. The Morgan fingerprint density at radius 1 is 1.27 bits per heavy atom. The lowest BCUT2D eigenvalue weighted by molar-refractivity contribution is -0.125. The van der Waals surface area contributed by atoms with Crippen molar-refractivity contribution in [3.63, 3.8) is 0 Å². The van der Waals surface area contributed by atoms with Crippen LogP contribution in [0.3, 0.4) is 0 Å². The number of nitrogens with one attached hydrogen (secondary N) is 1. The van der Waals surface area contributed by atoms with Crippen molar-refractivity contribution in [1.82, 2.24) is 5.32 Å². The molecule has 4 heteroatoms. The Hall–Kier alpha value is -1.06. The fourth-order valence-corrected chi connectivity index (χ4v) is 1.29. The van der Waals surface area contributed by atoms with E-state index in [0.717, 1.165) is 5.71 Å². The molecule has 0 heterocycles. The minimum atomic E-state index is -0.131. The van der Waals surface area contributed by atoms with E-state index in [1.165, 1.54) is 0 Å². The molecule has 0 aliphatic carbocycles. The van der Waals surface area contributed by atoms with Gasteiger partial charge in [0.15, 0.2) is 6.61 Å². The maximum absolute atomic E-state index is 11.1. The van der Waals surface area contributed by atoms with E-state index in [-0.39, 0.29) is 12.5 Å². The van der Waals surface area contributed by atoms with Gasteiger partial charge in [-0.1, -0.05) is 32.9 Å². The molecule has 0 rings (SSSR count). The number of rotatable bonds is 6. The molecule has 15 heavy (non-hydrogen) atoms. The Bertz CT molecular complexity index is 213. The number of amides is 1. The highest BCUT2D eigenvalue weighted by Gasteiger charge is 2.10. The second kappa shape index (κ2) is 7.26. The van der Waals surface area contributed by atoms with Crippen LogP contribution in [0.4, 0.5) is 0 Å². The van der Waals surface area contributed by atoms with Crippen LogP contribution in [0.5, 0.6) is 0 Å². The van der Waals surface area contributed by atoms with Gasteiger partial charge in [0, 0.05) is 6.54 Å². The first-order valence-corrected chi connectivity index (χ1v) is 5.45. The van der Waals surface area contributed by atoms with Gasteiger partial charge >= 0.3 is 0 Å². The summed E-state index contributed by atoms with van der Waals surface area (Å²) in [6.07, 6.45) is 0. The molecule has 4 nitrogen and oxygen atoms in total. The minimum absolute atomic E-state index is 0.00319. The van der Waals surface area contributed by atoms with Crippen molar-refractivity contribution in [3.05, 3.63) is 0 Å². The summed E-state index contributed by atoms with van der Waals surface area (Å²) in [5, 5.41) is 6.65. The molecule has 0 atom stereocenters. The van der Waals surface area contributed by atoms with E-state index in [4.69, 9.17) is 4.84 Å². The van der Waals surface area contributed by atoms with Gasteiger partial charge in [0.1, 0.15) is 0 Å². The predicted octanol–water partition coefficient (Wildman–Crippen LogP) is 1.81. The Labute approximate surface area is 92.1 Å². The van der Waals surface area contributed by atoms with Crippen molar-refractivity contribution in [3.8, 4) is 0 Å². The fourth-order valence-electron chi connectivity index (χ4n) is 1.29. The van der Waals surface area contributed by atoms with Crippen LogP contribution < -0.4 is 5.32 Å². The molecule has 0 radical (unpaired) electrons. The van der Waals surface area contributed by atoms with E-state index in [1.54, 1.807) is 0 Å². The summed E-state index contributed by atoms with van der Waals surface area (Å²) in [4.78, 5) is 16.1. The minimum Gasteiger partial charge on any atom is -0.386 e.